The number of halogens is 3. The van der Waals surface area contributed by atoms with Gasteiger partial charge in [0.2, 0.25) is 0 Å². The van der Waals surface area contributed by atoms with E-state index in [0.717, 1.165) is 0 Å². The van der Waals surface area contributed by atoms with Gasteiger partial charge in [-0.15, -0.1) is 0 Å². The summed E-state index contributed by atoms with van der Waals surface area (Å²) in [6, 6.07) is 3.75. The molecule has 1 rings (SSSR count). The Balaban J connectivity index is 3.00. The molecule has 0 amide bonds. The molecule has 1 nitrogen and oxygen atoms in total. The lowest BCUT2D eigenvalue weighted by atomic mass is 10.2. The van der Waals surface area contributed by atoms with E-state index < -0.39 is 11.6 Å². The molecular weight excluding hydrogens is 287 g/mol. The molecule has 1 atom stereocenters. The zero-order valence-electron chi connectivity index (χ0n) is 6.97. The van der Waals surface area contributed by atoms with E-state index in [2.05, 4.69) is 4.99 Å². The molecule has 0 aliphatic heterocycles. The lowest BCUT2D eigenvalue weighted by Gasteiger charge is -1.98. The molecule has 0 heterocycles. The van der Waals surface area contributed by atoms with Gasteiger partial charge in [0, 0.05) is 6.21 Å². The van der Waals surface area contributed by atoms with Gasteiger partial charge in [-0.1, -0.05) is 28.7 Å². The molecule has 70 valence electrons. The van der Waals surface area contributed by atoms with Crippen LogP contribution in [0.3, 0.4) is 0 Å². The summed E-state index contributed by atoms with van der Waals surface area (Å²) in [6.07, 6.45) is 1.22. The minimum absolute atomic E-state index is 0.0107. The highest BCUT2D eigenvalue weighted by Gasteiger charge is 2.04. The van der Waals surface area contributed by atoms with Gasteiger partial charge in [0.1, 0.15) is 11.6 Å². The molecule has 0 aliphatic carbocycles. The molecule has 0 aromatic heterocycles. The summed E-state index contributed by atoms with van der Waals surface area (Å²) >= 11 is 2.05. The van der Waals surface area contributed by atoms with Crippen molar-refractivity contribution in [3.8, 4) is 0 Å². The van der Waals surface area contributed by atoms with E-state index >= 15 is 0 Å². The van der Waals surface area contributed by atoms with Crippen LogP contribution in [0.5, 0.6) is 0 Å². The highest BCUT2D eigenvalue weighted by atomic mass is 127. The molecule has 1 aromatic rings. The monoisotopic (exact) mass is 295 g/mol. The molecule has 1 aromatic carbocycles. The maximum atomic E-state index is 13.0. The third-order valence-electron chi connectivity index (χ3n) is 1.41. The van der Waals surface area contributed by atoms with Crippen LogP contribution in [0.4, 0.5) is 8.78 Å². The molecule has 13 heavy (non-hydrogen) atoms. The number of aliphatic imine (C=N–C) groups is 1. The second kappa shape index (κ2) is 4.64. The summed E-state index contributed by atoms with van der Waals surface area (Å²) in [7, 11) is 0. The van der Waals surface area contributed by atoms with Crippen molar-refractivity contribution in [3.05, 3.63) is 35.4 Å². The first-order valence-electron chi connectivity index (χ1n) is 3.72. The molecule has 0 radical (unpaired) electrons. The summed E-state index contributed by atoms with van der Waals surface area (Å²) in [5.74, 6) is -1.17. The van der Waals surface area contributed by atoms with E-state index in [4.69, 9.17) is 0 Å². The van der Waals surface area contributed by atoms with Crippen LogP contribution in [0, 0.1) is 11.6 Å². The van der Waals surface area contributed by atoms with Gasteiger partial charge < -0.3 is 0 Å². The van der Waals surface area contributed by atoms with Crippen LogP contribution in [-0.4, -0.2) is 10.3 Å². The molecule has 0 spiro atoms. The van der Waals surface area contributed by atoms with Crippen molar-refractivity contribution in [2.45, 2.75) is 11.0 Å². The number of rotatable bonds is 2. The Morgan fingerprint density at radius 1 is 1.38 bits per heavy atom. The van der Waals surface area contributed by atoms with Crippen LogP contribution in [0.1, 0.15) is 12.5 Å². The maximum Gasteiger partial charge on any atom is 0.134 e. The molecule has 0 fully saturated rings. The zero-order chi connectivity index (χ0) is 9.84. The SMILES string of the molecule is CC(I)/N=C/c1c(F)cccc1F. The Hall–Kier alpha value is -0.520. The zero-order valence-corrected chi connectivity index (χ0v) is 9.13. The maximum absolute atomic E-state index is 13.0. The predicted molar refractivity (Wildman–Crippen MR) is 57.4 cm³/mol. The Morgan fingerprint density at radius 3 is 2.38 bits per heavy atom. The molecule has 0 aliphatic rings. The minimum atomic E-state index is -0.583. The van der Waals surface area contributed by atoms with Crippen molar-refractivity contribution in [1.29, 1.82) is 0 Å². The van der Waals surface area contributed by atoms with Crippen molar-refractivity contribution >= 4 is 28.8 Å². The largest absolute Gasteiger partial charge is 0.279 e. The summed E-state index contributed by atoms with van der Waals surface area (Å²) in [6.45, 7) is 1.83. The molecule has 4 heteroatoms. The summed E-state index contributed by atoms with van der Waals surface area (Å²) in [4.78, 5) is 3.90. The summed E-state index contributed by atoms with van der Waals surface area (Å²) in [5, 5.41) is 0. The average Bonchev–Trinajstić information content (AvgIpc) is 2.03. The average molecular weight is 295 g/mol. The van der Waals surface area contributed by atoms with Crippen molar-refractivity contribution in [2.75, 3.05) is 0 Å². The second-order valence-corrected chi connectivity index (χ2v) is 4.29. The fourth-order valence-electron chi connectivity index (χ4n) is 0.811. The summed E-state index contributed by atoms with van der Waals surface area (Å²) < 4.78 is 25.9. The van der Waals surface area contributed by atoms with Crippen molar-refractivity contribution in [1.82, 2.24) is 0 Å². The van der Waals surface area contributed by atoms with Gasteiger partial charge in [-0.05, 0) is 19.1 Å². The first kappa shape index (κ1) is 10.6. The molecule has 0 bridgehead atoms. The van der Waals surface area contributed by atoms with E-state index in [-0.39, 0.29) is 9.61 Å². The minimum Gasteiger partial charge on any atom is -0.279 e. The number of hydrogen-bond acceptors (Lipinski definition) is 1. The predicted octanol–water partition coefficient (Wildman–Crippen LogP) is 3.16. The lowest BCUT2D eigenvalue weighted by Crippen LogP contribution is -1.95. The van der Waals surface area contributed by atoms with E-state index in [1.54, 1.807) is 0 Å². The lowest BCUT2D eigenvalue weighted by molar-refractivity contribution is 0.580. The number of hydrogen-bond donors (Lipinski definition) is 0. The Kier molecular flexibility index (Phi) is 3.77. The fourth-order valence-corrected chi connectivity index (χ4v) is 0.972. The molecule has 1 unspecified atom stereocenters. The van der Waals surface area contributed by atoms with Gasteiger partial charge in [-0.25, -0.2) is 8.78 Å². The Bertz CT molecular complexity index is 303. The highest BCUT2D eigenvalue weighted by Crippen LogP contribution is 2.10. The summed E-state index contributed by atoms with van der Waals surface area (Å²) in [5.41, 5.74) is -0.0778. The van der Waals surface area contributed by atoms with Crippen LogP contribution in [0.15, 0.2) is 23.2 Å². The Labute approximate surface area is 89.0 Å². The number of nitrogens with zero attached hydrogens (tertiary/aromatic N) is 1. The number of alkyl halides is 1. The van der Waals surface area contributed by atoms with E-state index in [1.165, 1.54) is 24.4 Å². The second-order valence-electron chi connectivity index (χ2n) is 2.49. The van der Waals surface area contributed by atoms with Gasteiger partial charge in [0.05, 0.1) is 9.61 Å². The molecule has 0 N–H and O–H groups in total. The van der Waals surface area contributed by atoms with Gasteiger partial charge in [0.15, 0.2) is 0 Å². The van der Waals surface area contributed by atoms with Crippen LogP contribution < -0.4 is 0 Å². The third kappa shape index (κ3) is 3.02. The quantitative estimate of drug-likeness (QED) is 0.344. The van der Waals surface area contributed by atoms with Crippen molar-refractivity contribution in [2.24, 2.45) is 4.99 Å². The highest BCUT2D eigenvalue weighted by molar-refractivity contribution is 14.1. The number of benzene rings is 1. The standard InChI is InChI=1S/C9H8F2IN/c1-6(12)13-5-7-8(10)3-2-4-9(7)11/h2-6H,1H3/b13-5+. The molecule has 0 saturated carbocycles. The Morgan fingerprint density at radius 2 is 1.92 bits per heavy atom. The van der Waals surface area contributed by atoms with Crippen LogP contribution in [-0.2, 0) is 0 Å². The van der Waals surface area contributed by atoms with E-state index in [9.17, 15) is 8.78 Å². The first-order valence-corrected chi connectivity index (χ1v) is 4.97. The van der Waals surface area contributed by atoms with Crippen molar-refractivity contribution in [3.63, 3.8) is 0 Å². The smallest absolute Gasteiger partial charge is 0.134 e. The van der Waals surface area contributed by atoms with Gasteiger partial charge in [0.25, 0.3) is 0 Å². The van der Waals surface area contributed by atoms with Crippen LogP contribution in [0.25, 0.3) is 0 Å². The van der Waals surface area contributed by atoms with Crippen molar-refractivity contribution < 1.29 is 8.78 Å². The van der Waals surface area contributed by atoms with Gasteiger partial charge >= 0.3 is 0 Å². The topological polar surface area (TPSA) is 12.4 Å². The molecule has 0 saturated heterocycles. The first-order chi connectivity index (χ1) is 6.11. The van der Waals surface area contributed by atoms with Crippen LogP contribution in [0.2, 0.25) is 0 Å². The third-order valence-corrected chi connectivity index (χ3v) is 1.73. The van der Waals surface area contributed by atoms with E-state index in [1.807, 2.05) is 29.5 Å². The van der Waals surface area contributed by atoms with E-state index in [0.29, 0.717) is 0 Å². The fraction of sp³-hybridized carbons (Fsp3) is 0.222. The van der Waals surface area contributed by atoms with Crippen LogP contribution >= 0.6 is 22.6 Å². The van der Waals surface area contributed by atoms with Gasteiger partial charge in [-0.2, -0.15) is 0 Å². The van der Waals surface area contributed by atoms with Gasteiger partial charge in [-0.3, -0.25) is 4.99 Å². The molecular formula is C9H8F2IN. The normalized spacial score (nSPS) is 13.5.